The molecule has 1 fully saturated rings. The maximum atomic E-state index is 12.8. The lowest BCUT2D eigenvalue weighted by Crippen LogP contribution is -2.53. The van der Waals surface area contributed by atoms with Gasteiger partial charge in [0.15, 0.2) is 11.5 Å². The minimum absolute atomic E-state index is 0.300. The van der Waals surface area contributed by atoms with Crippen LogP contribution in [0.4, 0.5) is 9.59 Å². The molecule has 192 valence electrons. The zero-order chi connectivity index (χ0) is 25.8. The first-order valence-electron chi connectivity index (χ1n) is 11.4. The van der Waals surface area contributed by atoms with Crippen molar-refractivity contribution in [1.82, 2.24) is 20.4 Å². The van der Waals surface area contributed by atoms with Crippen LogP contribution in [-0.2, 0) is 14.3 Å². The lowest BCUT2D eigenvalue weighted by atomic mass is 9.94. The van der Waals surface area contributed by atoms with E-state index in [1.54, 1.807) is 23.1 Å². The predicted octanol–water partition coefficient (Wildman–Crippen LogP) is 2.04. The van der Waals surface area contributed by atoms with E-state index in [0.717, 1.165) is 0 Å². The molecule has 1 aromatic carbocycles. The van der Waals surface area contributed by atoms with Crippen molar-refractivity contribution < 1.29 is 33.3 Å². The van der Waals surface area contributed by atoms with Gasteiger partial charge in [0.1, 0.15) is 5.60 Å². The maximum Gasteiger partial charge on any atom is 0.410 e. The number of esters is 1. The summed E-state index contributed by atoms with van der Waals surface area (Å²) in [6, 6.07) is 4.02. The second-order valence-electron chi connectivity index (χ2n) is 9.27. The third kappa shape index (κ3) is 6.36. The Kier molecular flexibility index (Phi) is 8.11. The molecule has 0 unspecified atom stereocenters. The number of methoxy groups -OCH3 is 3. The molecule has 0 aliphatic carbocycles. The van der Waals surface area contributed by atoms with Crippen molar-refractivity contribution in [2.75, 3.05) is 54.1 Å². The van der Waals surface area contributed by atoms with Gasteiger partial charge in [-0.15, -0.1) is 0 Å². The fourth-order valence-electron chi connectivity index (χ4n) is 4.01. The molecular weight excluding hydrogens is 456 g/mol. The van der Waals surface area contributed by atoms with E-state index in [1.165, 1.54) is 21.3 Å². The molecule has 3 rings (SSSR count). The third-order valence-corrected chi connectivity index (χ3v) is 5.71. The van der Waals surface area contributed by atoms with Gasteiger partial charge in [-0.3, -0.25) is 4.90 Å². The average Bonchev–Trinajstić information content (AvgIpc) is 2.82. The average molecular weight is 491 g/mol. The topological polar surface area (TPSA) is 119 Å². The first-order chi connectivity index (χ1) is 16.6. The minimum atomic E-state index is -0.742. The molecule has 3 amide bonds. The Labute approximate surface area is 205 Å². The summed E-state index contributed by atoms with van der Waals surface area (Å²) in [4.78, 5) is 41.5. The zero-order valence-electron chi connectivity index (χ0n) is 21.1. The van der Waals surface area contributed by atoms with Gasteiger partial charge in [-0.05, 0) is 38.5 Å². The highest BCUT2D eigenvalue weighted by Gasteiger charge is 2.35. The van der Waals surface area contributed by atoms with Crippen molar-refractivity contribution in [2.24, 2.45) is 0 Å². The van der Waals surface area contributed by atoms with E-state index < -0.39 is 23.6 Å². The van der Waals surface area contributed by atoms with Gasteiger partial charge in [0.05, 0.1) is 32.9 Å². The predicted molar refractivity (Wildman–Crippen MR) is 127 cm³/mol. The molecule has 0 radical (unpaired) electrons. The molecular formula is C24H34N4O7. The first-order valence-corrected chi connectivity index (χ1v) is 11.4. The SMILES string of the molecule is COC(=O)C1=C(CN2CCN(C(=O)OC(C)(C)C)CC2)NC(=O)N[C@H]1c1ccc(OC)c(OC)c1. The van der Waals surface area contributed by atoms with E-state index >= 15 is 0 Å². The highest BCUT2D eigenvalue weighted by atomic mass is 16.6. The monoisotopic (exact) mass is 490 g/mol. The summed E-state index contributed by atoms with van der Waals surface area (Å²) in [6.45, 7) is 7.86. The fourth-order valence-corrected chi connectivity index (χ4v) is 4.01. The van der Waals surface area contributed by atoms with Crippen LogP contribution in [0.3, 0.4) is 0 Å². The van der Waals surface area contributed by atoms with Crippen molar-refractivity contribution in [3.8, 4) is 11.5 Å². The van der Waals surface area contributed by atoms with Crippen LogP contribution in [0.1, 0.15) is 32.4 Å². The van der Waals surface area contributed by atoms with Gasteiger partial charge < -0.3 is 34.5 Å². The number of piperazine rings is 1. The van der Waals surface area contributed by atoms with Crippen LogP contribution in [-0.4, -0.2) is 87.5 Å². The molecule has 11 heteroatoms. The lowest BCUT2D eigenvalue weighted by molar-refractivity contribution is -0.136. The summed E-state index contributed by atoms with van der Waals surface area (Å²) in [5, 5.41) is 5.58. The van der Waals surface area contributed by atoms with Crippen LogP contribution in [0.5, 0.6) is 11.5 Å². The number of nitrogens with one attached hydrogen (secondary N) is 2. The fraction of sp³-hybridized carbons (Fsp3) is 0.542. The molecule has 11 nitrogen and oxygen atoms in total. The Hall–Kier alpha value is -3.47. The summed E-state index contributed by atoms with van der Waals surface area (Å²) in [6.07, 6.45) is -0.352. The normalized spacial score (nSPS) is 19.0. The highest BCUT2D eigenvalue weighted by molar-refractivity contribution is 5.95. The Bertz CT molecular complexity index is 994. The van der Waals surface area contributed by atoms with Crippen LogP contribution in [0.25, 0.3) is 0 Å². The summed E-state index contributed by atoms with van der Waals surface area (Å²) >= 11 is 0. The number of rotatable bonds is 6. The molecule has 0 bridgehead atoms. The van der Waals surface area contributed by atoms with Gasteiger partial charge in [0.2, 0.25) is 0 Å². The van der Waals surface area contributed by atoms with Gasteiger partial charge in [-0.1, -0.05) is 6.07 Å². The number of amides is 3. The van der Waals surface area contributed by atoms with Gasteiger partial charge in [-0.25, -0.2) is 14.4 Å². The molecule has 2 N–H and O–H groups in total. The van der Waals surface area contributed by atoms with E-state index in [-0.39, 0.29) is 6.09 Å². The van der Waals surface area contributed by atoms with Gasteiger partial charge in [-0.2, -0.15) is 0 Å². The molecule has 2 aliphatic heterocycles. The number of carbonyl (C=O) groups is 3. The van der Waals surface area contributed by atoms with Crippen LogP contribution in [0.15, 0.2) is 29.5 Å². The number of urea groups is 1. The number of hydrogen-bond acceptors (Lipinski definition) is 8. The smallest absolute Gasteiger partial charge is 0.410 e. The maximum absolute atomic E-state index is 12.8. The van der Waals surface area contributed by atoms with Crippen LogP contribution in [0.2, 0.25) is 0 Å². The van der Waals surface area contributed by atoms with Crippen LogP contribution >= 0.6 is 0 Å². The largest absolute Gasteiger partial charge is 0.493 e. The molecule has 0 aromatic heterocycles. The molecule has 35 heavy (non-hydrogen) atoms. The Balaban J connectivity index is 1.83. The Morgan fingerprint density at radius 2 is 1.69 bits per heavy atom. The molecule has 1 aromatic rings. The summed E-state index contributed by atoms with van der Waals surface area (Å²) in [5.41, 5.74) is 0.831. The number of nitrogens with zero attached hydrogens (tertiary/aromatic N) is 2. The van der Waals surface area contributed by atoms with Gasteiger partial charge in [0, 0.05) is 38.4 Å². The summed E-state index contributed by atoms with van der Waals surface area (Å²) in [5.74, 6) is 0.449. The minimum Gasteiger partial charge on any atom is -0.493 e. The third-order valence-electron chi connectivity index (χ3n) is 5.71. The quantitative estimate of drug-likeness (QED) is 0.582. The lowest BCUT2D eigenvalue weighted by Gasteiger charge is -2.37. The summed E-state index contributed by atoms with van der Waals surface area (Å²) in [7, 11) is 4.35. The van der Waals surface area contributed by atoms with Crippen LogP contribution in [0, 0.1) is 0 Å². The van der Waals surface area contributed by atoms with Gasteiger partial charge >= 0.3 is 18.1 Å². The second kappa shape index (κ2) is 10.9. The molecule has 2 aliphatic rings. The highest BCUT2D eigenvalue weighted by Crippen LogP contribution is 2.34. The second-order valence-corrected chi connectivity index (χ2v) is 9.27. The van der Waals surface area contributed by atoms with Crippen molar-refractivity contribution >= 4 is 18.1 Å². The van der Waals surface area contributed by atoms with Crippen LogP contribution < -0.4 is 20.1 Å². The number of hydrogen-bond donors (Lipinski definition) is 2. The standard InChI is InChI=1S/C24H34N4O7/c1-24(2,3)35-23(31)28-11-9-27(10-12-28)14-16-19(21(29)34-6)20(26-22(30)25-16)15-7-8-17(32-4)18(13-15)33-5/h7-8,13,20H,9-12,14H2,1-6H3,(H2,25,26,30)/t20-/m0/s1. The number of carbonyl (C=O) groups excluding carboxylic acids is 3. The van der Waals surface area contributed by atoms with E-state index in [2.05, 4.69) is 15.5 Å². The van der Waals surface area contributed by atoms with E-state index in [1.807, 2.05) is 20.8 Å². The van der Waals surface area contributed by atoms with Crippen molar-refractivity contribution in [2.45, 2.75) is 32.4 Å². The zero-order valence-corrected chi connectivity index (χ0v) is 21.1. The molecule has 0 saturated carbocycles. The number of benzene rings is 1. The molecule has 1 saturated heterocycles. The molecule has 0 spiro atoms. The van der Waals surface area contributed by atoms with Crippen molar-refractivity contribution in [1.29, 1.82) is 0 Å². The van der Waals surface area contributed by atoms with Crippen molar-refractivity contribution in [3.05, 3.63) is 35.0 Å². The Morgan fingerprint density at radius 1 is 1.03 bits per heavy atom. The number of ether oxygens (including phenoxy) is 4. The summed E-state index contributed by atoms with van der Waals surface area (Å²) < 4.78 is 21.2. The molecule has 1 atom stereocenters. The van der Waals surface area contributed by atoms with E-state index in [4.69, 9.17) is 18.9 Å². The van der Waals surface area contributed by atoms with Crippen molar-refractivity contribution in [3.63, 3.8) is 0 Å². The van der Waals surface area contributed by atoms with E-state index in [9.17, 15) is 14.4 Å². The Morgan fingerprint density at radius 3 is 2.26 bits per heavy atom. The van der Waals surface area contributed by atoms with E-state index in [0.29, 0.717) is 61.1 Å². The molecule has 2 heterocycles. The first kappa shape index (κ1) is 26.1. The van der Waals surface area contributed by atoms with Gasteiger partial charge in [0.25, 0.3) is 0 Å².